The average Bonchev–Trinajstić information content (AvgIpc) is 3.32. The predicted octanol–water partition coefficient (Wildman–Crippen LogP) is 4.00. The van der Waals surface area contributed by atoms with Gasteiger partial charge in [-0.25, -0.2) is 4.98 Å². The van der Waals surface area contributed by atoms with Crippen LogP contribution in [0, 0.1) is 5.92 Å². The molecule has 2 aromatic heterocycles. The molecule has 1 fully saturated rings. The number of hydrogen-bond donors (Lipinski definition) is 2. The van der Waals surface area contributed by atoms with E-state index in [9.17, 15) is 4.79 Å². The van der Waals surface area contributed by atoms with Crippen LogP contribution in [-0.4, -0.2) is 40.4 Å². The number of aromatic amines is 1. The van der Waals surface area contributed by atoms with Crippen LogP contribution in [0.1, 0.15) is 36.3 Å². The molecular formula is C21H24N4OS. The van der Waals surface area contributed by atoms with Gasteiger partial charge in [-0.1, -0.05) is 12.1 Å². The SMILES string of the molecule is CN1C[C@H](CCC(=O)Nc2nccs2)CC2c3cccc4[nH]cc(c34)C[C@H]21. The molecule has 5 rings (SSSR count). The van der Waals surface area contributed by atoms with Gasteiger partial charge < -0.3 is 15.2 Å². The number of carbonyl (C=O) groups excluding carboxylic acids is 1. The molecule has 1 saturated heterocycles. The van der Waals surface area contributed by atoms with E-state index in [1.54, 1.807) is 6.20 Å². The molecule has 0 radical (unpaired) electrons. The monoisotopic (exact) mass is 380 g/mol. The Morgan fingerprint density at radius 1 is 1.44 bits per heavy atom. The molecule has 0 saturated carbocycles. The Morgan fingerprint density at radius 2 is 2.37 bits per heavy atom. The summed E-state index contributed by atoms with van der Waals surface area (Å²) in [5.74, 6) is 1.19. The van der Waals surface area contributed by atoms with Gasteiger partial charge in [0.1, 0.15) is 0 Å². The lowest BCUT2D eigenvalue weighted by Crippen LogP contribution is -2.47. The van der Waals surface area contributed by atoms with Gasteiger partial charge >= 0.3 is 0 Å². The van der Waals surface area contributed by atoms with Gasteiger partial charge in [0.05, 0.1) is 0 Å². The van der Waals surface area contributed by atoms with Crippen molar-refractivity contribution in [1.82, 2.24) is 14.9 Å². The van der Waals surface area contributed by atoms with Crippen LogP contribution in [0.2, 0.25) is 0 Å². The summed E-state index contributed by atoms with van der Waals surface area (Å²) in [7, 11) is 2.25. The lowest BCUT2D eigenvalue weighted by molar-refractivity contribution is -0.116. The van der Waals surface area contributed by atoms with Crippen molar-refractivity contribution in [3.63, 3.8) is 0 Å². The first kappa shape index (κ1) is 17.0. The molecule has 140 valence electrons. The fraction of sp³-hybridized carbons (Fsp3) is 0.429. The Bertz CT molecular complexity index is 964. The van der Waals surface area contributed by atoms with Crippen LogP contribution in [0.4, 0.5) is 5.13 Å². The van der Waals surface area contributed by atoms with Crippen LogP contribution >= 0.6 is 11.3 Å². The molecule has 1 aliphatic carbocycles. The summed E-state index contributed by atoms with van der Waals surface area (Å²) >= 11 is 1.47. The van der Waals surface area contributed by atoms with Gasteiger partial charge in [-0.2, -0.15) is 0 Å². The number of anilines is 1. The molecule has 3 heterocycles. The summed E-state index contributed by atoms with van der Waals surface area (Å²) in [6.07, 6.45) is 7.69. The summed E-state index contributed by atoms with van der Waals surface area (Å²) in [5.41, 5.74) is 4.20. The molecular weight excluding hydrogens is 356 g/mol. The van der Waals surface area contributed by atoms with Crippen LogP contribution in [0.3, 0.4) is 0 Å². The molecule has 1 amide bonds. The summed E-state index contributed by atoms with van der Waals surface area (Å²) in [4.78, 5) is 22.3. The van der Waals surface area contributed by atoms with E-state index in [1.807, 2.05) is 5.38 Å². The molecule has 1 unspecified atom stereocenters. The van der Waals surface area contributed by atoms with Crippen molar-refractivity contribution in [1.29, 1.82) is 0 Å². The highest BCUT2D eigenvalue weighted by atomic mass is 32.1. The Hall–Kier alpha value is -2.18. The van der Waals surface area contributed by atoms with Crippen molar-refractivity contribution in [2.45, 2.75) is 37.6 Å². The quantitative estimate of drug-likeness (QED) is 0.719. The number of H-pyrrole nitrogens is 1. The van der Waals surface area contributed by atoms with Crippen molar-refractivity contribution in [2.75, 3.05) is 18.9 Å². The minimum atomic E-state index is 0.0772. The first-order chi connectivity index (χ1) is 13.2. The smallest absolute Gasteiger partial charge is 0.226 e. The number of aromatic nitrogens is 2. The average molecular weight is 381 g/mol. The molecule has 2 aliphatic rings. The molecule has 2 N–H and O–H groups in total. The zero-order chi connectivity index (χ0) is 18.4. The predicted molar refractivity (Wildman–Crippen MR) is 109 cm³/mol. The maximum atomic E-state index is 12.2. The maximum Gasteiger partial charge on any atom is 0.226 e. The second-order valence-corrected chi connectivity index (χ2v) is 8.82. The van der Waals surface area contributed by atoms with E-state index in [0.717, 1.165) is 19.4 Å². The number of carbonyl (C=O) groups is 1. The topological polar surface area (TPSA) is 61.0 Å². The summed E-state index contributed by atoms with van der Waals surface area (Å²) in [6.45, 7) is 1.07. The van der Waals surface area contributed by atoms with Gasteiger partial charge in [0.2, 0.25) is 5.91 Å². The molecule has 3 aromatic rings. The fourth-order valence-electron chi connectivity index (χ4n) is 5.07. The highest BCUT2D eigenvalue weighted by Crippen LogP contribution is 2.45. The Labute approximate surface area is 162 Å². The first-order valence-electron chi connectivity index (χ1n) is 9.67. The Morgan fingerprint density at radius 3 is 3.22 bits per heavy atom. The Balaban J connectivity index is 1.30. The Kier molecular flexibility index (Phi) is 4.25. The molecule has 1 aliphatic heterocycles. The third-order valence-corrected chi connectivity index (χ3v) is 6.96. The van der Waals surface area contributed by atoms with Crippen LogP contribution in [0.15, 0.2) is 36.0 Å². The van der Waals surface area contributed by atoms with Crippen molar-refractivity contribution in [3.8, 4) is 0 Å². The first-order valence-corrected chi connectivity index (χ1v) is 10.6. The van der Waals surface area contributed by atoms with Crippen molar-refractivity contribution < 1.29 is 4.79 Å². The number of fused-ring (bicyclic) bond motifs is 2. The minimum Gasteiger partial charge on any atom is -0.361 e. The van der Waals surface area contributed by atoms with E-state index < -0.39 is 0 Å². The number of benzene rings is 1. The number of amides is 1. The number of rotatable bonds is 4. The number of thiazole rings is 1. The van der Waals surface area contributed by atoms with Crippen molar-refractivity contribution >= 4 is 33.3 Å². The lowest BCUT2D eigenvalue weighted by atomic mass is 9.71. The lowest BCUT2D eigenvalue weighted by Gasteiger charge is -2.45. The molecule has 1 aromatic carbocycles. The molecule has 0 spiro atoms. The van der Waals surface area contributed by atoms with Gasteiger partial charge in [-0.05, 0) is 49.4 Å². The molecule has 6 heteroatoms. The maximum absolute atomic E-state index is 12.2. The van der Waals surface area contributed by atoms with Crippen molar-refractivity contribution in [2.24, 2.45) is 5.92 Å². The number of likely N-dealkylation sites (N-methyl/N-ethyl adjacent to an activating group) is 1. The van der Waals surface area contributed by atoms with E-state index >= 15 is 0 Å². The van der Waals surface area contributed by atoms with Gasteiger partial charge in [0.25, 0.3) is 0 Å². The normalized spacial score (nSPS) is 24.7. The van der Waals surface area contributed by atoms with Crippen LogP contribution in [0.5, 0.6) is 0 Å². The third-order valence-electron chi connectivity index (χ3n) is 6.27. The summed E-state index contributed by atoms with van der Waals surface area (Å²) in [6, 6.07) is 7.22. The second-order valence-electron chi connectivity index (χ2n) is 7.93. The van der Waals surface area contributed by atoms with Crippen LogP contribution in [-0.2, 0) is 11.2 Å². The zero-order valence-corrected chi connectivity index (χ0v) is 16.3. The van der Waals surface area contributed by atoms with Crippen LogP contribution < -0.4 is 5.32 Å². The van der Waals surface area contributed by atoms with Crippen molar-refractivity contribution in [3.05, 3.63) is 47.1 Å². The fourth-order valence-corrected chi connectivity index (χ4v) is 5.61. The number of nitrogens with zero attached hydrogens (tertiary/aromatic N) is 2. The number of nitrogens with one attached hydrogen (secondary N) is 2. The summed E-state index contributed by atoms with van der Waals surface area (Å²) < 4.78 is 0. The van der Waals surface area contributed by atoms with Gasteiger partial charge in [-0.3, -0.25) is 4.79 Å². The van der Waals surface area contributed by atoms with Gasteiger partial charge in [0.15, 0.2) is 5.13 Å². The molecule has 5 nitrogen and oxygen atoms in total. The van der Waals surface area contributed by atoms with Gasteiger partial charge in [0, 0.05) is 53.6 Å². The van der Waals surface area contributed by atoms with E-state index in [2.05, 4.69) is 51.6 Å². The minimum absolute atomic E-state index is 0.0772. The number of piperidine rings is 1. The highest BCUT2D eigenvalue weighted by Gasteiger charge is 2.39. The molecule has 3 atom stereocenters. The number of hydrogen-bond acceptors (Lipinski definition) is 4. The third kappa shape index (κ3) is 3.07. The summed E-state index contributed by atoms with van der Waals surface area (Å²) in [5, 5.41) is 6.92. The van der Waals surface area contributed by atoms with E-state index in [4.69, 9.17) is 0 Å². The number of likely N-dealkylation sites (tertiary alicyclic amines) is 1. The zero-order valence-electron chi connectivity index (χ0n) is 15.4. The molecule has 27 heavy (non-hydrogen) atoms. The molecule has 0 bridgehead atoms. The second kappa shape index (κ2) is 6.77. The van der Waals surface area contributed by atoms with Gasteiger partial charge in [-0.15, -0.1) is 11.3 Å². The highest BCUT2D eigenvalue weighted by molar-refractivity contribution is 7.13. The van der Waals surface area contributed by atoms with E-state index in [-0.39, 0.29) is 5.91 Å². The largest absolute Gasteiger partial charge is 0.361 e. The standard InChI is InChI=1S/C21H24N4OS/c1-25-12-13(5-6-19(26)24-21-22-7-8-27-21)9-16-15-3-2-4-17-20(15)14(11-23-17)10-18(16)25/h2-4,7-8,11,13,16,18,23H,5-6,9-10,12H2,1H3,(H,22,24,26)/t13-,16?,18-/m1/s1. The van der Waals surface area contributed by atoms with E-state index in [1.165, 1.54) is 39.8 Å². The van der Waals surface area contributed by atoms with Crippen LogP contribution in [0.25, 0.3) is 10.9 Å². The van der Waals surface area contributed by atoms with E-state index in [0.29, 0.717) is 29.4 Å².